The summed E-state index contributed by atoms with van der Waals surface area (Å²) in [5.41, 5.74) is 0.709. The molecule has 0 saturated heterocycles. The van der Waals surface area contributed by atoms with E-state index in [0.29, 0.717) is 5.56 Å². The SMILES string of the molecule is O=C(NCC(O)c1ccccc1)C(=O)NC1CC1. The van der Waals surface area contributed by atoms with Crippen molar-refractivity contribution in [3.05, 3.63) is 35.9 Å². The van der Waals surface area contributed by atoms with E-state index in [4.69, 9.17) is 0 Å². The third-order valence-electron chi connectivity index (χ3n) is 2.76. The van der Waals surface area contributed by atoms with Crippen LogP contribution >= 0.6 is 0 Å². The number of nitrogens with one attached hydrogen (secondary N) is 2. The molecule has 0 spiro atoms. The molecule has 1 aliphatic rings. The first-order chi connectivity index (χ1) is 8.66. The van der Waals surface area contributed by atoms with Crippen LogP contribution in [0.2, 0.25) is 0 Å². The fraction of sp³-hybridized carbons (Fsp3) is 0.385. The molecule has 1 aromatic carbocycles. The minimum Gasteiger partial charge on any atom is -0.387 e. The summed E-state index contributed by atoms with van der Waals surface area (Å²) in [5.74, 6) is -1.32. The number of carbonyl (C=O) groups excluding carboxylic acids is 2. The average molecular weight is 248 g/mol. The van der Waals surface area contributed by atoms with Gasteiger partial charge in [0.1, 0.15) is 0 Å². The quantitative estimate of drug-likeness (QED) is 0.662. The summed E-state index contributed by atoms with van der Waals surface area (Å²) in [4.78, 5) is 22.7. The highest BCUT2D eigenvalue weighted by Crippen LogP contribution is 2.18. The molecule has 0 bridgehead atoms. The van der Waals surface area contributed by atoms with Gasteiger partial charge in [0.2, 0.25) is 0 Å². The van der Waals surface area contributed by atoms with Gasteiger partial charge in [-0.25, -0.2) is 0 Å². The Kier molecular flexibility index (Phi) is 3.94. The molecule has 96 valence electrons. The van der Waals surface area contributed by atoms with Crippen LogP contribution in [0.25, 0.3) is 0 Å². The Morgan fingerprint density at radius 3 is 2.50 bits per heavy atom. The van der Waals surface area contributed by atoms with Gasteiger partial charge in [-0.15, -0.1) is 0 Å². The fourth-order valence-corrected chi connectivity index (χ4v) is 1.54. The van der Waals surface area contributed by atoms with Crippen molar-refractivity contribution in [3.8, 4) is 0 Å². The number of rotatable bonds is 4. The highest BCUT2D eigenvalue weighted by molar-refractivity contribution is 6.35. The van der Waals surface area contributed by atoms with Crippen molar-refractivity contribution in [1.82, 2.24) is 10.6 Å². The lowest BCUT2D eigenvalue weighted by atomic mass is 10.1. The molecule has 2 rings (SSSR count). The predicted molar refractivity (Wildman–Crippen MR) is 65.6 cm³/mol. The lowest BCUT2D eigenvalue weighted by Gasteiger charge is -2.11. The first kappa shape index (κ1) is 12.6. The van der Waals surface area contributed by atoms with E-state index in [-0.39, 0.29) is 12.6 Å². The minimum atomic E-state index is -0.802. The number of hydrogen-bond donors (Lipinski definition) is 3. The van der Waals surface area contributed by atoms with Crippen LogP contribution in [0.5, 0.6) is 0 Å². The van der Waals surface area contributed by atoms with Gasteiger partial charge in [-0.2, -0.15) is 0 Å². The molecule has 1 aliphatic carbocycles. The van der Waals surface area contributed by atoms with Crippen LogP contribution in [0.15, 0.2) is 30.3 Å². The Hall–Kier alpha value is -1.88. The Bertz CT molecular complexity index is 429. The zero-order chi connectivity index (χ0) is 13.0. The van der Waals surface area contributed by atoms with Gasteiger partial charge in [0.25, 0.3) is 0 Å². The molecule has 5 heteroatoms. The smallest absolute Gasteiger partial charge is 0.309 e. The normalized spacial score (nSPS) is 15.8. The summed E-state index contributed by atoms with van der Waals surface area (Å²) < 4.78 is 0. The summed E-state index contributed by atoms with van der Waals surface area (Å²) in [7, 11) is 0. The summed E-state index contributed by atoms with van der Waals surface area (Å²) in [5, 5.41) is 14.8. The van der Waals surface area contributed by atoms with Crippen molar-refractivity contribution in [1.29, 1.82) is 0 Å². The first-order valence-corrected chi connectivity index (χ1v) is 5.98. The van der Waals surface area contributed by atoms with Gasteiger partial charge in [0.15, 0.2) is 0 Å². The molecule has 1 aromatic rings. The van der Waals surface area contributed by atoms with E-state index in [1.165, 1.54) is 0 Å². The van der Waals surface area contributed by atoms with Crippen LogP contribution in [-0.4, -0.2) is 29.5 Å². The number of aliphatic hydroxyl groups is 1. The van der Waals surface area contributed by atoms with Gasteiger partial charge >= 0.3 is 11.8 Å². The summed E-state index contributed by atoms with van der Waals surface area (Å²) in [6.45, 7) is 0.0287. The van der Waals surface area contributed by atoms with E-state index < -0.39 is 17.9 Å². The molecule has 0 aromatic heterocycles. The van der Waals surface area contributed by atoms with E-state index in [2.05, 4.69) is 10.6 Å². The van der Waals surface area contributed by atoms with E-state index in [0.717, 1.165) is 12.8 Å². The minimum absolute atomic E-state index is 0.0287. The number of amides is 2. The molecule has 2 amide bonds. The Balaban J connectivity index is 1.76. The molecule has 3 N–H and O–H groups in total. The zero-order valence-corrected chi connectivity index (χ0v) is 9.93. The molecule has 18 heavy (non-hydrogen) atoms. The lowest BCUT2D eigenvalue weighted by molar-refractivity contribution is -0.139. The molecule has 1 unspecified atom stereocenters. The van der Waals surface area contributed by atoms with Crippen molar-refractivity contribution in [2.75, 3.05) is 6.54 Å². The second kappa shape index (κ2) is 5.64. The largest absolute Gasteiger partial charge is 0.387 e. The summed E-state index contributed by atoms with van der Waals surface area (Å²) in [6, 6.07) is 9.14. The first-order valence-electron chi connectivity index (χ1n) is 5.98. The van der Waals surface area contributed by atoms with Gasteiger partial charge in [-0.1, -0.05) is 30.3 Å². The lowest BCUT2D eigenvalue weighted by Crippen LogP contribution is -2.42. The van der Waals surface area contributed by atoms with Crippen molar-refractivity contribution in [2.45, 2.75) is 25.0 Å². The van der Waals surface area contributed by atoms with Crippen LogP contribution in [0.3, 0.4) is 0 Å². The standard InChI is InChI=1S/C13H16N2O3/c16-11(9-4-2-1-3-5-9)8-14-12(17)13(18)15-10-6-7-10/h1-5,10-11,16H,6-8H2,(H,14,17)(H,15,18). The molecule has 0 heterocycles. The summed E-state index contributed by atoms with van der Waals surface area (Å²) >= 11 is 0. The third-order valence-corrected chi connectivity index (χ3v) is 2.76. The highest BCUT2D eigenvalue weighted by Gasteiger charge is 2.26. The molecule has 1 saturated carbocycles. The Morgan fingerprint density at radius 2 is 1.89 bits per heavy atom. The Morgan fingerprint density at radius 1 is 1.22 bits per heavy atom. The molecule has 1 fully saturated rings. The molecular formula is C13H16N2O3. The Labute approximate surface area is 105 Å². The van der Waals surface area contributed by atoms with E-state index >= 15 is 0 Å². The van der Waals surface area contributed by atoms with Crippen LogP contribution in [0.1, 0.15) is 24.5 Å². The van der Waals surface area contributed by atoms with E-state index in [9.17, 15) is 14.7 Å². The van der Waals surface area contributed by atoms with Gasteiger partial charge < -0.3 is 15.7 Å². The average Bonchev–Trinajstić information content (AvgIpc) is 3.20. The maximum Gasteiger partial charge on any atom is 0.309 e. The van der Waals surface area contributed by atoms with Crippen LogP contribution in [-0.2, 0) is 9.59 Å². The van der Waals surface area contributed by atoms with Gasteiger partial charge in [-0.3, -0.25) is 9.59 Å². The van der Waals surface area contributed by atoms with Crippen molar-refractivity contribution >= 4 is 11.8 Å². The van der Waals surface area contributed by atoms with Crippen molar-refractivity contribution in [3.63, 3.8) is 0 Å². The topological polar surface area (TPSA) is 78.4 Å². The number of hydrogen-bond acceptors (Lipinski definition) is 3. The molecular weight excluding hydrogens is 232 g/mol. The molecule has 0 radical (unpaired) electrons. The predicted octanol–water partition coefficient (Wildman–Crippen LogP) is 0.115. The molecule has 0 aliphatic heterocycles. The van der Waals surface area contributed by atoms with Gasteiger partial charge in [0, 0.05) is 12.6 Å². The van der Waals surface area contributed by atoms with E-state index in [1.54, 1.807) is 24.3 Å². The number of carbonyl (C=O) groups is 2. The molecule has 5 nitrogen and oxygen atoms in total. The summed E-state index contributed by atoms with van der Waals surface area (Å²) in [6.07, 6.45) is 1.07. The maximum absolute atomic E-state index is 11.4. The van der Waals surface area contributed by atoms with Crippen LogP contribution in [0, 0.1) is 0 Å². The second-order valence-electron chi connectivity index (χ2n) is 4.38. The molecule has 1 atom stereocenters. The third kappa shape index (κ3) is 3.56. The van der Waals surface area contributed by atoms with Crippen LogP contribution in [0.4, 0.5) is 0 Å². The van der Waals surface area contributed by atoms with Gasteiger partial charge in [0.05, 0.1) is 6.10 Å². The number of aliphatic hydroxyl groups excluding tert-OH is 1. The monoisotopic (exact) mass is 248 g/mol. The second-order valence-corrected chi connectivity index (χ2v) is 4.38. The zero-order valence-electron chi connectivity index (χ0n) is 9.93. The van der Waals surface area contributed by atoms with E-state index in [1.807, 2.05) is 6.07 Å². The maximum atomic E-state index is 11.4. The van der Waals surface area contributed by atoms with Gasteiger partial charge in [-0.05, 0) is 18.4 Å². The van der Waals surface area contributed by atoms with Crippen LogP contribution < -0.4 is 10.6 Å². The van der Waals surface area contributed by atoms with Crippen molar-refractivity contribution < 1.29 is 14.7 Å². The van der Waals surface area contributed by atoms with Crippen molar-refractivity contribution in [2.24, 2.45) is 0 Å². The fourth-order valence-electron chi connectivity index (χ4n) is 1.54. The highest BCUT2D eigenvalue weighted by atomic mass is 16.3. The number of benzene rings is 1.